The van der Waals surface area contributed by atoms with Gasteiger partial charge in [-0.2, -0.15) is 0 Å². The molecule has 45 heavy (non-hydrogen) atoms. The third-order valence-corrected chi connectivity index (χ3v) is 8.20. The molecule has 7 aromatic rings. The Morgan fingerprint density at radius 1 is 0.489 bits per heavy atom. The lowest BCUT2D eigenvalue weighted by molar-refractivity contribution is 0.790. The van der Waals surface area contributed by atoms with E-state index in [-0.39, 0.29) is 0 Å². The van der Waals surface area contributed by atoms with Gasteiger partial charge in [-0.25, -0.2) is 18.7 Å². The lowest BCUT2D eigenvalue weighted by Gasteiger charge is -2.21. The third kappa shape index (κ3) is 4.46. The normalized spacial score (nSPS) is 11.4. The minimum Gasteiger partial charge on any atom is -0.268 e. The monoisotopic (exact) mass is 612 g/mol. The molecule has 0 unspecified atom stereocenters. The lowest BCUT2D eigenvalue weighted by Crippen LogP contribution is -2.39. The largest absolute Gasteiger partial charge is 0.340 e. The van der Waals surface area contributed by atoms with Crippen molar-refractivity contribution < 1.29 is 0 Å². The van der Waals surface area contributed by atoms with Crippen LogP contribution in [-0.2, 0) is 0 Å². The molecule has 2 aromatic heterocycles. The molecular weight excluding hydrogens is 588 g/mol. The minimum atomic E-state index is -0.554. The van der Waals surface area contributed by atoms with E-state index < -0.39 is 22.5 Å². The SMILES string of the molecule is Cc1cn(-c2c3ccccc3c(-n3cc(C)c(=O)n(-c4ccccc4)c3=O)c3cc(Cl)ccc23)c(=O)n(-c2ccccc2)c1=O. The van der Waals surface area contributed by atoms with Crippen molar-refractivity contribution in [3.05, 3.63) is 173 Å². The summed E-state index contributed by atoms with van der Waals surface area (Å²) >= 11 is 6.58. The number of aryl methyl sites for hydroxylation is 2. The Morgan fingerprint density at radius 3 is 1.36 bits per heavy atom. The summed E-state index contributed by atoms with van der Waals surface area (Å²) in [6.45, 7) is 3.33. The molecular formula is C36H25ClN4O4. The third-order valence-electron chi connectivity index (χ3n) is 7.96. The van der Waals surface area contributed by atoms with Crippen molar-refractivity contribution >= 4 is 33.1 Å². The van der Waals surface area contributed by atoms with Gasteiger partial charge in [0.15, 0.2) is 0 Å². The van der Waals surface area contributed by atoms with E-state index in [0.29, 0.717) is 60.4 Å². The smallest absolute Gasteiger partial charge is 0.268 e. The summed E-state index contributed by atoms with van der Waals surface area (Å²) in [6, 6.07) is 30.2. The highest BCUT2D eigenvalue weighted by Gasteiger charge is 2.22. The number of hydrogen-bond acceptors (Lipinski definition) is 4. The van der Waals surface area contributed by atoms with Gasteiger partial charge in [0.05, 0.1) is 22.7 Å². The van der Waals surface area contributed by atoms with Crippen molar-refractivity contribution in [2.45, 2.75) is 13.8 Å². The predicted octanol–water partition coefficient (Wildman–Crippen LogP) is 5.87. The highest BCUT2D eigenvalue weighted by Crippen LogP contribution is 2.38. The van der Waals surface area contributed by atoms with E-state index in [4.69, 9.17) is 11.6 Å². The molecule has 0 bridgehead atoms. The molecule has 9 heteroatoms. The van der Waals surface area contributed by atoms with E-state index >= 15 is 0 Å². The first kappa shape index (κ1) is 28.1. The van der Waals surface area contributed by atoms with E-state index in [9.17, 15) is 19.2 Å². The van der Waals surface area contributed by atoms with Crippen LogP contribution in [0.5, 0.6) is 0 Å². The number of para-hydroxylation sites is 2. The zero-order valence-corrected chi connectivity index (χ0v) is 25.0. The number of halogens is 1. The molecule has 0 aliphatic rings. The van der Waals surface area contributed by atoms with Crippen molar-refractivity contribution in [2.75, 3.05) is 0 Å². The van der Waals surface area contributed by atoms with Gasteiger partial charge in [-0.05, 0) is 50.2 Å². The Hall–Kier alpha value is -5.73. The Balaban J connectivity index is 1.66. The molecule has 0 saturated carbocycles. The highest BCUT2D eigenvalue weighted by molar-refractivity contribution is 6.32. The summed E-state index contributed by atoms with van der Waals surface area (Å²) in [4.78, 5) is 55.0. The molecule has 5 aromatic carbocycles. The summed E-state index contributed by atoms with van der Waals surface area (Å²) in [5, 5.41) is 2.92. The molecule has 0 saturated heterocycles. The Morgan fingerprint density at radius 2 is 0.889 bits per heavy atom. The van der Waals surface area contributed by atoms with Crippen molar-refractivity contribution in [1.29, 1.82) is 0 Å². The molecule has 0 atom stereocenters. The summed E-state index contributed by atoms with van der Waals surface area (Å²) in [6.07, 6.45) is 3.09. The molecule has 0 N–H and O–H groups in total. The van der Waals surface area contributed by atoms with Crippen LogP contribution >= 0.6 is 11.6 Å². The second-order valence-electron chi connectivity index (χ2n) is 10.8. The van der Waals surface area contributed by atoms with E-state index in [0.717, 1.165) is 9.13 Å². The van der Waals surface area contributed by atoms with Crippen LogP contribution in [0, 0.1) is 13.8 Å². The molecule has 0 radical (unpaired) electrons. The molecule has 8 nitrogen and oxygen atoms in total. The fraction of sp³-hybridized carbons (Fsp3) is 0.0556. The van der Waals surface area contributed by atoms with E-state index in [1.54, 1.807) is 86.8 Å². The van der Waals surface area contributed by atoms with Crippen molar-refractivity contribution in [2.24, 2.45) is 0 Å². The van der Waals surface area contributed by atoms with E-state index in [2.05, 4.69) is 0 Å². The number of fused-ring (bicyclic) bond motifs is 2. The molecule has 220 valence electrons. The Labute approximate surface area is 260 Å². The number of benzene rings is 5. The summed E-state index contributed by atoms with van der Waals surface area (Å²) in [5.74, 6) is 0. The second kappa shape index (κ2) is 10.8. The fourth-order valence-corrected chi connectivity index (χ4v) is 6.08. The summed E-state index contributed by atoms with van der Waals surface area (Å²) in [7, 11) is 0. The standard InChI is InChI=1S/C36H25ClN4O4/c1-22-20-38(35(44)40(33(22)42)25-11-5-3-6-12-25)31-27-15-9-10-16-28(27)32(30-19-24(37)17-18-29(30)31)39-21-23(2)34(43)41(36(39)45)26-13-7-4-8-14-26/h3-21H,1-2H3. The van der Waals surface area contributed by atoms with Crippen molar-refractivity contribution in [3.63, 3.8) is 0 Å². The minimum absolute atomic E-state index is 0.364. The Kier molecular flexibility index (Phi) is 6.71. The van der Waals surface area contributed by atoms with Gasteiger partial charge in [0.25, 0.3) is 11.1 Å². The highest BCUT2D eigenvalue weighted by atomic mass is 35.5. The summed E-state index contributed by atoms with van der Waals surface area (Å²) < 4.78 is 5.25. The van der Waals surface area contributed by atoms with Crippen molar-refractivity contribution in [1.82, 2.24) is 18.3 Å². The van der Waals surface area contributed by atoms with Crippen molar-refractivity contribution in [3.8, 4) is 22.7 Å². The van der Waals surface area contributed by atoms with Gasteiger partial charge in [-0.3, -0.25) is 18.7 Å². The topological polar surface area (TPSA) is 88.0 Å². The van der Waals surface area contributed by atoms with Crippen LogP contribution in [0.15, 0.2) is 135 Å². The fourth-order valence-electron chi connectivity index (χ4n) is 5.90. The van der Waals surface area contributed by atoms with Crippen LogP contribution in [-0.4, -0.2) is 18.3 Å². The van der Waals surface area contributed by atoms with Gasteiger partial charge in [-0.15, -0.1) is 0 Å². The zero-order chi connectivity index (χ0) is 31.4. The maximum atomic E-state index is 14.2. The number of aromatic nitrogens is 4. The van der Waals surface area contributed by atoms with Gasteiger partial charge >= 0.3 is 11.4 Å². The molecule has 0 amide bonds. The predicted molar refractivity (Wildman–Crippen MR) is 178 cm³/mol. The maximum absolute atomic E-state index is 14.2. The molecule has 0 fully saturated rings. The first-order valence-electron chi connectivity index (χ1n) is 14.2. The Bertz CT molecular complexity index is 2550. The maximum Gasteiger partial charge on any atom is 0.340 e. The van der Waals surface area contributed by atoms with Crippen LogP contribution in [0.1, 0.15) is 11.1 Å². The first-order valence-corrected chi connectivity index (χ1v) is 14.6. The molecule has 0 spiro atoms. The number of hydrogen-bond donors (Lipinski definition) is 0. The molecule has 2 heterocycles. The van der Waals surface area contributed by atoms with Crippen LogP contribution < -0.4 is 22.5 Å². The van der Waals surface area contributed by atoms with Crippen LogP contribution in [0.2, 0.25) is 5.02 Å². The van der Waals surface area contributed by atoms with Crippen LogP contribution in [0.3, 0.4) is 0 Å². The van der Waals surface area contributed by atoms with Gasteiger partial charge in [0, 0.05) is 50.1 Å². The van der Waals surface area contributed by atoms with Crippen LogP contribution in [0.4, 0.5) is 0 Å². The average molecular weight is 613 g/mol. The molecule has 0 aliphatic heterocycles. The quantitative estimate of drug-likeness (QED) is 0.233. The molecule has 7 rings (SSSR count). The van der Waals surface area contributed by atoms with Gasteiger partial charge < -0.3 is 0 Å². The summed E-state index contributed by atoms with van der Waals surface area (Å²) in [5.41, 5.74) is 0.724. The van der Waals surface area contributed by atoms with E-state index in [1.165, 1.54) is 15.3 Å². The first-order chi connectivity index (χ1) is 21.8. The number of rotatable bonds is 4. The number of nitrogens with zero attached hydrogens (tertiary/aromatic N) is 4. The van der Waals surface area contributed by atoms with Gasteiger partial charge in [0.1, 0.15) is 0 Å². The zero-order valence-electron chi connectivity index (χ0n) is 24.3. The van der Waals surface area contributed by atoms with E-state index in [1.807, 2.05) is 36.4 Å². The second-order valence-corrected chi connectivity index (χ2v) is 11.3. The van der Waals surface area contributed by atoms with Gasteiger partial charge in [-0.1, -0.05) is 78.3 Å². The lowest BCUT2D eigenvalue weighted by atomic mass is 9.97. The molecule has 0 aliphatic carbocycles. The van der Waals surface area contributed by atoms with Gasteiger partial charge in [0.2, 0.25) is 0 Å². The average Bonchev–Trinajstić information content (AvgIpc) is 3.05. The van der Waals surface area contributed by atoms with Crippen LogP contribution in [0.25, 0.3) is 44.3 Å².